The molecule has 5 nitrogen and oxygen atoms in total. The molecule has 2 N–H and O–H groups in total. The first-order valence-corrected chi connectivity index (χ1v) is 7.37. The second-order valence-electron chi connectivity index (χ2n) is 5.16. The van der Waals surface area contributed by atoms with Crippen LogP contribution in [0, 0.1) is 0 Å². The second-order valence-corrected chi connectivity index (χ2v) is 5.57. The van der Waals surface area contributed by atoms with Gasteiger partial charge in [-0.3, -0.25) is 14.9 Å². The molecule has 0 bridgehead atoms. The van der Waals surface area contributed by atoms with Gasteiger partial charge in [-0.2, -0.15) is 0 Å². The van der Waals surface area contributed by atoms with Crippen LogP contribution >= 0.6 is 11.6 Å². The number of piperazine rings is 1. The summed E-state index contributed by atoms with van der Waals surface area (Å²) in [5.74, 6) is 0. The highest BCUT2D eigenvalue weighted by molar-refractivity contribution is 6.31. The van der Waals surface area contributed by atoms with Crippen LogP contribution in [0.5, 0.6) is 0 Å². The molecule has 0 radical (unpaired) electrons. The molecular weight excluding hydrogens is 286 g/mol. The van der Waals surface area contributed by atoms with E-state index < -0.39 is 0 Å². The van der Waals surface area contributed by atoms with E-state index in [1.807, 2.05) is 12.1 Å². The third-order valence-electron chi connectivity index (χ3n) is 3.79. The van der Waals surface area contributed by atoms with E-state index >= 15 is 0 Å². The van der Waals surface area contributed by atoms with E-state index in [1.54, 1.807) is 24.8 Å². The Morgan fingerprint density at radius 3 is 2.48 bits per heavy atom. The first-order valence-electron chi connectivity index (χ1n) is 6.99. The van der Waals surface area contributed by atoms with Crippen molar-refractivity contribution in [2.45, 2.75) is 6.54 Å². The molecule has 1 saturated heterocycles. The maximum Gasteiger partial charge on any atom is 0.0738 e. The predicted octanol–water partition coefficient (Wildman–Crippen LogP) is 2.03. The van der Waals surface area contributed by atoms with Gasteiger partial charge in [0.1, 0.15) is 0 Å². The Balaban J connectivity index is 1.61. The van der Waals surface area contributed by atoms with Gasteiger partial charge in [-0.15, -0.1) is 0 Å². The highest BCUT2D eigenvalue weighted by atomic mass is 35.5. The van der Waals surface area contributed by atoms with Crippen LogP contribution in [0.1, 0.15) is 5.56 Å². The van der Waals surface area contributed by atoms with Crippen LogP contribution in [-0.2, 0) is 6.54 Å². The van der Waals surface area contributed by atoms with Crippen LogP contribution in [0.25, 0.3) is 0 Å². The average Bonchev–Trinajstić information content (AvgIpc) is 2.51. The van der Waals surface area contributed by atoms with E-state index in [-0.39, 0.29) is 0 Å². The minimum atomic E-state index is 0.735. The van der Waals surface area contributed by atoms with E-state index in [9.17, 15) is 0 Å². The largest absolute Gasteiger partial charge is 0.396 e. The summed E-state index contributed by atoms with van der Waals surface area (Å²) in [6.07, 6.45) is 6.98. The smallest absolute Gasteiger partial charge is 0.0738 e. The normalized spacial score (nSPS) is 16.1. The zero-order chi connectivity index (χ0) is 14.7. The Kier molecular flexibility index (Phi) is 4.22. The van der Waals surface area contributed by atoms with E-state index in [1.165, 1.54) is 0 Å². The van der Waals surface area contributed by atoms with Crippen molar-refractivity contribution in [3.8, 4) is 0 Å². The number of nitrogens with zero attached hydrogens (tertiary/aromatic N) is 4. The summed E-state index contributed by atoms with van der Waals surface area (Å²) >= 11 is 6.17. The summed E-state index contributed by atoms with van der Waals surface area (Å²) in [5, 5.41) is 0.735. The molecule has 3 heterocycles. The number of anilines is 2. The minimum Gasteiger partial charge on any atom is -0.396 e. The van der Waals surface area contributed by atoms with Gasteiger partial charge in [-0.1, -0.05) is 11.6 Å². The van der Waals surface area contributed by atoms with Gasteiger partial charge in [0.25, 0.3) is 0 Å². The third-order valence-corrected chi connectivity index (χ3v) is 4.13. The molecule has 0 saturated carbocycles. The Labute approximate surface area is 129 Å². The average molecular weight is 304 g/mol. The molecule has 0 atom stereocenters. The molecule has 0 unspecified atom stereocenters. The van der Waals surface area contributed by atoms with Gasteiger partial charge >= 0.3 is 0 Å². The maximum absolute atomic E-state index is 6.17. The van der Waals surface area contributed by atoms with Gasteiger partial charge in [-0.05, 0) is 17.7 Å². The lowest BCUT2D eigenvalue weighted by Crippen LogP contribution is -2.46. The van der Waals surface area contributed by atoms with Crippen LogP contribution in [-0.4, -0.2) is 41.0 Å². The van der Waals surface area contributed by atoms with Crippen molar-refractivity contribution in [2.24, 2.45) is 0 Å². The topological polar surface area (TPSA) is 58.3 Å². The van der Waals surface area contributed by atoms with E-state index in [2.05, 4.69) is 19.8 Å². The molecule has 3 rings (SSSR count). The predicted molar refractivity (Wildman–Crippen MR) is 85.4 cm³/mol. The SMILES string of the molecule is Nc1cnccc1N1CCN(Cc2ccncc2Cl)CC1. The Morgan fingerprint density at radius 2 is 1.76 bits per heavy atom. The minimum absolute atomic E-state index is 0.735. The lowest BCUT2D eigenvalue weighted by molar-refractivity contribution is 0.250. The number of aromatic nitrogens is 2. The quantitative estimate of drug-likeness (QED) is 0.940. The van der Waals surface area contributed by atoms with Crippen molar-refractivity contribution in [2.75, 3.05) is 36.8 Å². The first-order chi connectivity index (χ1) is 10.2. The van der Waals surface area contributed by atoms with E-state index in [0.717, 1.165) is 54.7 Å². The molecule has 1 aliphatic heterocycles. The number of hydrogen-bond donors (Lipinski definition) is 1. The van der Waals surface area contributed by atoms with Crippen molar-refractivity contribution in [3.05, 3.63) is 47.5 Å². The van der Waals surface area contributed by atoms with Gasteiger partial charge in [-0.25, -0.2) is 0 Å². The van der Waals surface area contributed by atoms with Crippen LogP contribution in [0.2, 0.25) is 5.02 Å². The van der Waals surface area contributed by atoms with Gasteiger partial charge in [0, 0.05) is 51.3 Å². The molecule has 2 aromatic rings. The molecule has 110 valence electrons. The Hall–Kier alpha value is -1.85. The zero-order valence-corrected chi connectivity index (χ0v) is 12.5. The zero-order valence-electron chi connectivity index (χ0n) is 11.7. The number of hydrogen-bond acceptors (Lipinski definition) is 5. The molecule has 0 spiro atoms. The standard InChI is InChI=1S/C15H18ClN5/c16-13-9-18-3-1-12(13)11-20-5-7-21(8-6-20)15-2-4-19-10-14(15)17/h1-4,9-10H,5-8,11,17H2. The lowest BCUT2D eigenvalue weighted by Gasteiger charge is -2.36. The van der Waals surface area contributed by atoms with Crippen molar-refractivity contribution in [1.82, 2.24) is 14.9 Å². The summed E-state index contributed by atoms with van der Waals surface area (Å²) in [6.45, 7) is 4.75. The van der Waals surface area contributed by atoms with Crippen LogP contribution in [0.4, 0.5) is 11.4 Å². The molecule has 6 heteroatoms. The number of nitrogen functional groups attached to an aromatic ring is 1. The van der Waals surface area contributed by atoms with Crippen molar-refractivity contribution in [1.29, 1.82) is 0 Å². The van der Waals surface area contributed by atoms with Crippen LogP contribution in [0.15, 0.2) is 36.9 Å². The number of halogens is 1. The summed E-state index contributed by atoms with van der Waals surface area (Å²) in [4.78, 5) is 12.8. The van der Waals surface area contributed by atoms with E-state index in [4.69, 9.17) is 17.3 Å². The summed E-state index contributed by atoms with van der Waals surface area (Å²) in [6, 6.07) is 3.96. The molecule has 1 fully saturated rings. The summed E-state index contributed by atoms with van der Waals surface area (Å²) in [7, 11) is 0. The Morgan fingerprint density at radius 1 is 1.05 bits per heavy atom. The molecular formula is C15H18ClN5. The molecule has 0 aromatic carbocycles. The van der Waals surface area contributed by atoms with Gasteiger partial charge in [0.05, 0.1) is 22.6 Å². The molecule has 2 aromatic heterocycles. The maximum atomic E-state index is 6.17. The van der Waals surface area contributed by atoms with Crippen molar-refractivity contribution < 1.29 is 0 Å². The molecule has 0 amide bonds. The van der Waals surface area contributed by atoms with Crippen molar-refractivity contribution >= 4 is 23.0 Å². The molecule has 1 aliphatic rings. The Bertz CT molecular complexity index is 611. The molecule has 0 aliphatic carbocycles. The monoisotopic (exact) mass is 303 g/mol. The first kappa shape index (κ1) is 14.1. The van der Waals surface area contributed by atoms with Gasteiger partial charge < -0.3 is 10.6 Å². The fourth-order valence-corrected chi connectivity index (χ4v) is 2.79. The van der Waals surface area contributed by atoms with Gasteiger partial charge in [0.15, 0.2) is 0 Å². The van der Waals surface area contributed by atoms with Crippen LogP contribution in [0.3, 0.4) is 0 Å². The van der Waals surface area contributed by atoms with Crippen LogP contribution < -0.4 is 10.6 Å². The van der Waals surface area contributed by atoms with Crippen molar-refractivity contribution in [3.63, 3.8) is 0 Å². The lowest BCUT2D eigenvalue weighted by atomic mass is 10.2. The van der Waals surface area contributed by atoms with Gasteiger partial charge in [0.2, 0.25) is 0 Å². The summed E-state index contributed by atoms with van der Waals surface area (Å²) in [5.41, 5.74) is 8.93. The highest BCUT2D eigenvalue weighted by Gasteiger charge is 2.19. The number of rotatable bonds is 3. The number of pyridine rings is 2. The third kappa shape index (κ3) is 3.25. The number of nitrogens with two attached hydrogens (primary N) is 1. The fourth-order valence-electron chi connectivity index (χ4n) is 2.61. The second kappa shape index (κ2) is 6.28. The van der Waals surface area contributed by atoms with E-state index in [0.29, 0.717) is 0 Å². The highest BCUT2D eigenvalue weighted by Crippen LogP contribution is 2.23. The fraction of sp³-hybridized carbons (Fsp3) is 0.333. The molecule has 21 heavy (non-hydrogen) atoms. The summed E-state index contributed by atoms with van der Waals surface area (Å²) < 4.78 is 0.